The van der Waals surface area contributed by atoms with E-state index in [0.29, 0.717) is 17.0 Å². The van der Waals surface area contributed by atoms with Crippen molar-refractivity contribution in [2.24, 2.45) is 0 Å². The zero-order chi connectivity index (χ0) is 26.3. The van der Waals surface area contributed by atoms with Crippen LogP contribution in [-0.2, 0) is 27.8 Å². The molecule has 8 nitrogen and oxygen atoms in total. The third kappa shape index (κ3) is 4.68. The average molecular weight is 499 g/mol. The number of urea groups is 1. The van der Waals surface area contributed by atoms with Crippen molar-refractivity contribution in [3.8, 4) is 5.69 Å². The van der Waals surface area contributed by atoms with Gasteiger partial charge in [-0.3, -0.25) is 14.5 Å². The molecular weight excluding hydrogens is 475 g/mol. The summed E-state index contributed by atoms with van der Waals surface area (Å²) in [6.07, 6.45) is -4.67. The first-order valence-corrected chi connectivity index (χ1v) is 11.1. The predicted octanol–water partition coefficient (Wildman–Crippen LogP) is 3.59. The fourth-order valence-corrected chi connectivity index (χ4v) is 4.21. The van der Waals surface area contributed by atoms with Gasteiger partial charge in [-0.1, -0.05) is 36.4 Å². The molecule has 188 valence electrons. The van der Waals surface area contributed by atoms with E-state index in [9.17, 15) is 27.6 Å². The molecule has 4 rings (SSSR count). The number of halogens is 3. The highest BCUT2D eigenvalue weighted by Gasteiger charge is 2.49. The molecule has 1 atom stereocenters. The third-order valence-electron chi connectivity index (χ3n) is 6.06. The second-order valence-electron chi connectivity index (χ2n) is 8.77. The number of hydrogen-bond acceptors (Lipinski definition) is 4. The quantitative estimate of drug-likeness (QED) is 0.507. The summed E-state index contributed by atoms with van der Waals surface area (Å²) in [6, 6.07) is 13.3. The standard InChI is InChI=1S/C25H24F3N5O3/c1-15-11-16(2)33(31-15)19-10-9-17(20(12-19)25(26,27)28)13-29-21(34)14-32-22(35)24(3,30-23(32)36)18-7-5-4-6-8-18/h4-12H,13-14H2,1-3H3,(H,29,34)(H,30,36). The molecular formula is C25H24F3N5O3. The summed E-state index contributed by atoms with van der Waals surface area (Å²) in [7, 11) is 0. The molecule has 0 bridgehead atoms. The Morgan fingerprint density at radius 3 is 2.39 bits per heavy atom. The van der Waals surface area contributed by atoms with Crippen LogP contribution >= 0.6 is 0 Å². The number of nitrogens with one attached hydrogen (secondary N) is 2. The van der Waals surface area contributed by atoms with E-state index in [1.807, 2.05) is 0 Å². The minimum absolute atomic E-state index is 0.160. The molecule has 1 aliphatic heterocycles. The van der Waals surface area contributed by atoms with Crippen LogP contribution in [0, 0.1) is 13.8 Å². The number of benzene rings is 2. The van der Waals surface area contributed by atoms with Gasteiger partial charge in [0.15, 0.2) is 0 Å². The molecule has 3 aromatic rings. The lowest BCUT2D eigenvalue weighted by molar-refractivity contribution is -0.138. The maximum Gasteiger partial charge on any atom is 0.416 e. The number of aromatic nitrogens is 2. The van der Waals surface area contributed by atoms with Crippen LogP contribution in [0.3, 0.4) is 0 Å². The van der Waals surface area contributed by atoms with E-state index < -0.39 is 48.2 Å². The van der Waals surface area contributed by atoms with E-state index in [-0.39, 0.29) is 11.3 Å². The van der Waals surface area contributed by atoms with Gasteiger partial charge in [-0.15, -0.1) is 0 Å². The predicted molar refractivity (Wildman–Crippen MR) is 124 cm³/mol. The number of aryl methyl sites for hydroxylation is 2. The van der Waals surface area contributed by atoms with Crippen molar-refractivity contribution in [3.05, 3.63) is 82.7 Å². The first-order chi connectivity index (χ1) is 16.9. The molecule has 11 heteroatoms. The van der Waals surface area contributed by atoms with E-state index in [1.165, 1.54) is 23.7 Å². The Balaban J connectivity index is 1.48. The highest BCUT2D eigenvalue weighted by Crippen LogP contribution is 2.34. The minimum Gasteiger partial charge on any atom is -0.350 e. The van der Waals surface area contributed by atoms with Crippen LogP contribution in [0.1, 0.15) is 35.0 Å². The van der Waals surface area contributed by atoms with E-state index in [4.69, 9.17) is 0 Å². The molecule has 0 saturated carbocycles. The van der Waals surface area contributed by atoms with Crippen LogP contribution in [0.4, 0.5) is 18.0 Å². The van der Waals surface area contributed by atoms with Crippen molar-refractivity contribution in [2.45, 2.75) is 39.0 Å². The molecule has 1 saturated heterocycles. The summed E-state index contributed by atoms with van der Waals surface area (Å²) in [6.45, 7) is 3.94. The number of nitrogens with zero attached hydrogens (tertiary/aromatic N) is 3. The Morgan fingerprint density at radius 1 is 1.08 bits per heavy atom. The first kappa shape index (κ1) is 25.0. The normalized spacial score (nSPS) is 17.9. The fraction of sp³-hybridized carbons (Fsp3) is 0.280. The van der Waals surface area contributed by atoms with Crippen molar-refractivity contribution in [1.29, 1.82) is 0 Å². The van der Waals surface area contributed by atoms with Gasteiger partial charge in [-0.25, -0.2) is 9.48 Å². The van der Waals surface area contributed by atoms with Gasteiger partial charge in [0.25, 0.3) is 5.91 Å². The summed E-state index contributed by atoms with van der Waals surface area (Å²) < 4.78 is 42.8. The van der Waals surface area contributed by atoms with Crippen molar-refractivity contribution in [2.75, 3.05) is 6.54 Å². The highest BCUT2D eigenvalue weighted by molar-refractivity contribution is 6.09. The number of imide groups is 1. The molecule has 0 aliphatic carbocycles. The van der Waals surface area contributed by atoms with E-state index in [0.717, 1.165) is 11.0 Å². The van der Waals surface area contributed by atoms with Gasteiger partial charge >= 0.3 is 12.2 Å². The van der Waals surface area contributed by atoms with Crippen molar-refractivity contribution in [3.63, 3.8) is 0 Å². The third-order valence-corrected chi connectivity index (χ3v) is 6.06. The lowest BCUT2D eigenvalue weighted by Gasteiger charge is -2.22. The van der Waals surface area contributed by atoms with Gasteiger partial charge in [0, 0.05) is 12.2 Å². The second-order valence-corrected chi connectivity index (χ2v) is 8.77. The monoisotopic (exact) mass is 499 g/mol. The van der Waals surface area contributed by atoms with Crippen LogP contribution in [0.5, 0.6) is 0 Å². The summed E-state index contributed by atoms with van der Waals surface area (Å²) in [4.78, 5) is 38.6. The van der Waals surface area contributed by atoms with E-state index in [1.54, 1.807) is 50.2 Å². The van der Waals surface area contributed by atoms with Gasteiger partial charge in [0.2, 0.25) is 5.91 Å². The first-order valence-electron chi connectivity index (χ1n) is 11.1. The van der Waals surface area contributed by atoms with Gasteiger partial charge in [-0.2, -0.15) is 18.3 Å². The molecule has 0 spiro atoms. The summed E-state index contributed by atoms with van der Waals surface area (Å²) in [5, 5.41) is 9.19. The number of rotatable bonds is 6. The Kier molecular flexibility index (Phi) is 6.33. The Morgan fingerprint density at radius 2 is 1.78 bits per heavy atom. The number of carbonyl (C=O) groups is 3. The van der Waals surface area contributed by atoms with Crippen LogP contribution in [-0.4, -0.2) is 39.1 Å². The van der Waals surface area contributed by atoms with Gasteiger partial charge in [-0.05, 0) is 50.1 Å². The van der Waals surface area contributed by atoms with Crippen molar-refractivity contribution >= 4 is 17.8 Å². The van der Waals surface area contributed by atoms with Gasteiger partial charge in [0.05, 0.1) is 16.9 Å². The molecule has 2 aromatic carbocycles. The lowest BCUT2D eigenvalue weighted by Crippen LogP contribution is -2.43. The molecule has 1 aromatic heterocycles. The lowest BCUT2D eigenvalue weighted by atomic mass is 9.92. The number of hydrogen-bond donors (Lipinski definition) is 2. The van der Waals surface area contributed by atoms with Crippen molar-refractivity contribution in [1.82, 2.24) is 25.3 Å². The zero-order valence-electron chi connectivity index (χ0n) is 19.8. The highest BCUT2D eigenvalue weighted by atomic mass is 19.4. The second kappa shape index (κ2) is 9.14. The molecule has 1 fully saturated rings. The molecule has 2 heterocycles. The van der Waals surface area contributed by atoms with E-state index >= 15 is 0 Å². The largest absolute Gasteiger partial charge is 0.416 e. The van der Waals surface area contributed by atoms with Crippen LogP contribution in [0.25, 0.3) is 5.69 Å². The fourth-order valence-electron chi connectivity index (χ4n) is 4.21. The Labute approximate surface area is 205 Å². The van der Waals surface area contributed by atoms with Gasteiger partial charge in [0.1, 0.15) is 12.1 Å². The van der Waals surface area contributed by atoms with Crippen LogP contribution in [0.15, 0.2) is 54.6 Å². The Hall–Kier alpha value is -4.15. The number of alkyl halides is 3. The molecule has 2 N–H and O–H groups in total. The van der Waals surface area contributed by atoms with E-state index in [2.05, 4.69) is 15.7 Å². The molecule has 1 unspecified atom stereocenters. The summed E-state index contributed by atoms with van der Waals surface area (Å²) in [5.41, 5.74) is -0.293. The molecule has 1 aliphatic rings. The Bertz CT molecular complexity index is 1340. The number of amides is 4. The van der Waals surface area contributed by atoms with Crippen molar-refractivity contribution < 1.29 is 27.6 Å². The summed E-state index contributed by atoms with van der Waals surface area (Å²) in [5.74, 6) is -1.40. The minimum atomic E-state index is -4.67. The van der Waals surface area contributed by atoms with Crippen LogP contribution < -0.4 is 10.6 Å². The maximum absolute atomic E-state index is 13.8. The SMILES string of the molecule is Cc1cc(C)n(-c2ccc(CNC(=O)CN3C(=O)NC(C)(c4ccccc4)C3=O)c(C(F)(F)F)c2)n1. The molecule has 36 heavy (non-hydrogen) atoms. The molecule has 4 amide bonds. The molecule has 0 radical (unpaired) electrons. The average Bonchev–Trinajstić information content (AvgIpc) is 3.28. The zero-order valence-corrected chi connectivity index (χ0v) is 19.8. The number of carbonyl (C=O) groups excluding carboxylic acids is 3. The smallest absolute Gasteiger partial charge is 0.350 e. The topological polar surface area (TPSA) is 96.3 Å². The summed E-state index contributed by atoms with van der Waals surface area (Å²) >= 11 is 0. The maximum atomic E-state index is 13.8. The van der Waals surface area contributed by atoms with Crippen LogP contribution in [0.2, 0.25) is 0 Å². The van der Waals surface area contributed by atoms with Gasteiger partial charge < -0.3 is 10.6 Å².